The van der Waals surface area contributed by atoms with Crippen LogP contribution in [0.1, 0.15) is 28.1 Å². The van der Waals surface area contributed by atoms with Crippen molar-refractivity contribution in [3.63, 3.8) is 0 Å². The van der Waals surface area contributed by atoms with E-state index in [9.17, 15) is 9.90 Å². The number of rotatable bonds is 3. The van der Waals surface area contributed by atoms with Crippen molar-refractivity contribution in [2.75, 3.05) is 19.8 Å². The first-order chi connectivity index (χ1) is 8.56. The van der Waals surface area contributed by atoms with Crippen molar-refractivity contribution in [3.8, 4) is 0 Å². The number of ether oxygens (including phenoxy) is 1. The van der Waals surface area contributed by atoms with Gasteiger partial charge in [-0.2, -0.15) is 0 Å². The molecule has 0 unspecified atom stereocenters. The summed E-state index contributed by atoms with van der Waals surface area (Å²) in [6.45, 7) is 3.06. The first-order valence-corrected chi connectivity index (χ1v) is 7.44. The molecule has 0 aromatic carbocycles. The Morgan fingerprint density at radius 1 is 1.61 bits per heavy atom. The number of aryl methyl sites for hydroxylation is 1. The summed E-state index contributed by atoms with van der Waals surface area (Å²) < 4.78 is 6.24. The van der Waals surface area contributed by atoms with Crippen molar-refractivity contribution in [2.45, 2.75) is 25.3 Å². The van der Waals surface area contributed by atoms with E-state index in [0.29, 0.717) is 30.9 Å². The van der Waals surface area contributed by atoms with Crippen molar-refractivity contribution in [1.29, 1.82) is 0 Å². The molecule has 0 bridgehead atoms. The Morgan fingerprint density at radius 2 is 2.28 bits per heavy atom. The maximum absolute atomic E-state index is 12.2. The van der Waals surface area contributed by atoms with Crippen LogP contribution in [0.5, 0.6) is 0 Å². The maximum atomic E-state index is 12.2. The molecule has 0 saturated carbocycles. The molecule has 2 N–H and O–H groups in total. The van der Waals surface area contributed by atoms with Crippen LogP contribution in [-0.2, 0) is 4.74 Å². The number of thiophene rings is 1. The Bertz CT molecular complexity index is 421. The van der Waals surface area contributed by atoms with Gasteiger partial charge >= 0.3 is 0 Å². The molecule has 1 saturated heterocycles. The molecule has 2 rings (SSSR count). The minimum Gasteiger partial charge on any atom is -0.394 e. The summed E-state index contributed by atoms with van der Waals surface area (Å²) in [5.41, 5.74) is 0.523. The van der Waals surface area contributed by atoms with Crippen LogP contribution in [0.2, 0.25) is 0 Å². The Hall–Kier alpha value is -0.430. The molecule has 1 aliphatic rings. The van der Waals surface area contributed by atoms with Gasteiger partial charge in [-0.15, -0.1) is 11.3 Å². The van der Waals surface area contributed by atoms with Crippen molar-refractivity contribution in [3.05, 3.63) is 20.3 Å². The smallest absolute Gasteiger partial charge is 0.261 e. The molecule has 0 aliphatic carbocycles. The van der Waals surface area contributed by atoms with E-state index < -0.39 is 5.54 Å². The molecule has 4 nitrogen and oxygen atoms in total. The summed E-state index contributed by atoms with van der Waals surface area (Å²) in [5, 5.41) is 12.5. The largest absolute Gasteiger partial charge is 0.394 e. The normalized spacial score (nSPS) is 18.6. The van der Waals surface area contributed by atoms with Gasteiger partial charge in [-0.25, -0.2) is 0 Å². The topological polar surface area (TPSA) is 58.6 Å². The highest BCUT2D eigenvalue weighted by Crippen LogP contribution is 2.28. The lowest BCUT2D eigenvalue weighted by Gasteiger charge is -2.36. The summed E-state index contributed by atoms with van der Waals surface area (Å²) >= 11 is 4.82. The molecule has 1 aliphatic heterocycles. The van der Waals surface area contributed by atoms with Gasteiger partial charge in [0.1, 0.15) is 0 Å². The minimum atomic E-state index is -0.528. The molecule has 0 spiro atoms. The van der Waals surface area contributed by atoms with Gasteiger partial charge in [0.25, 0.3) is 5.91 Å². The number of amides is 1. The van der Waals surface area contributed by atoms with Gasteiger partial charge in [0.05, 0.1) is 20.8 Å². The summed E-state index contributed by atoms with van der Waals surface area (Å²) in [7, 11) is 0. The molecule has 2 heterocycles. The SMILES string of the molecule is Cc1cc(C(=O)NC2(CO)CCOCC2)sc1Br. The highest BCUT2D eigenvalue weighted by molar-refractivity contribution is 9.11. The third-order valence-corrected chi connectivity index (χ3v) is 5.35. The molecule has 6 heteroatoms. The molecule has 18 heavy (non-hydrogen) atoms. The fraction of sp³-hybridized carbons (Fsp3) is 0.583. The number of hydrogen-bond donors (Lipinski definition) is 2. The Labute approximate surface area is 118 Å². The van der Waals surface area contributed by atoms with E-state index in [-0.39, 0.29) is 12.5 Å². The number of aliphatic hydroxyl groups is 1. The van der Waals surface area contributed by atoms with Gasteiger partial charge in [0.2, 0.25) is 0 Å². The van der Waals surface area contributed by atoms with Crippen LogP contribution >= 0.6 is 27.3 Å². The number of carbonyl (C=O) groups excluding carboxylic acids is 1. The predicted molar refractivity (Wildman–Crippen MR) is 74.1 cm³/mol. The van der Waals surface area contributed by atoms with E-state index in [2.05, 4.69) is 21.2 Å². The molecule has 1 aromatic heterocycles. The summed E-state index contributed by atoms with van der Waals surface area (Å²) in [5.74, 6) is -0.121. The zero-order chi connectivity index (χ0) is 13.2. The van der Waals surface area contributed by atoms with Crippen LogP contribution in [0.4, 0.5) is 0 Å². The summed E-state index contributed by atoms with van der Waals surface area (Å²) in [6.07, 6.45) is 1.31. The standard InChI is InChI=1S/C12H16BrNO3S/c1-8-6-9(18-10(8)13)11(16)14-12(7-15)2-4-17-5-3-12/h6,15H,2-5,7H2,1H3,(H,14,16). The van der Waals surface area contributed by atoms with E-state index in [0.717, 1.165) is 9.35 Å². The van der Waals surface area contributed by atoms with Crippen LogP contribution in [0.3, 0.4) is 0 Å². The molecular weight excluding hydrogens is 318 g/mol. The van der Waals surface area contributed by atoms with Crippen LogP contribution in [0.25, 0.3) is 0 Å². The first kappa shape index (κ1) is 14.0. The number of halogens is 1. The van der Waals surface area contributed by atoms with E-state index >= 15 is 0 Å². The molecule has 1 amide bonds. The zero-order valence-electron chi connectivity index (χ0n) is 10.2. The molecule has 100 valence electrons. The van der Waals surface area contributed by atoms with Gasteiger partial charge < -0.3 is 15.2 Å². The van der Waals surface area contributed by atoms with Gasteiger partial charge in [-0.1, -0.05) is 0 Å². The molecule has 1 fully saturated rings. The van der Waals surface area contributed by atoms with Crippen LogP contribution < -0.4 is 5.32 Å². The van der Waals surface area contributed by atoms with Gasteiger partial charge in [0.15, 0.2) is 0 Å². The van der Waals surface area contributed by atoms with E-state index in [1.54, 1.807) is 0 Å². The van der Waals surface area contributed by atoms with E-state index in [1.807, 2.05) is 13.0 Å². The van der Waals surface area contributed by atoms with Gasteiger partial charge in [-0.3, -0.25) is 4.79 Å². The number of nitrogens with one attached hydrogen (secondary N) is 1. The minimum absolute atomic E-state index is 0.0480. The van der Waals surface area contributed by atoms with Gasteiger partial charge in [0, 0.05) is 13.2 Å². The average Bonchev–Trinajstić information content (AvgIpc) is 2.71. The van der Waals surface area contributed by atoms with Crippen LogP contribution in [0.15, 0.2) is 9.85 Å². The lowest BCUT2D eigenvalue weighted by Crippen LogP contribution is -2.54. The van der Waals surface area contributed by atoms with E-state index in [4.69, 9.17) is 4.74 Å². The second-order valence-corrected chi connectivity index (χ2v) is 6.94. The third-order valence-electron chi connectivity index (χ3n) is 3.21. The van der Waals surface area contributed by atoms with Crippen LogP contribution in [-0.4, -0.2) is 36.4 Å². The molecular formula is C12H16BrNO3S. The Kier molecular flexibility index (Phi) is 4.42. The second kappa shape index (κ2) is 5.69. The highest BCUT2D eigenvalue weighted by Gasteiger charge is 2.34. The average molecular weight is 334 g/mol. The lowest BCUT2D eigenvalue weighted by atomic mass is 9.91. The summed E-state index contributed by atoms with van der Waals surface area (Å²) in [6, 6.07) is 1.86. The maximum Gasteiger partial charge on any atom is 0.261 e. The van der Waals surface area contributed by atoms with E-state index in [1.165, 1.54) is 11.3 Å². The molecule has 0 atom stereocenters. The lowest BCUT2D eigenvalue weighted by molar-refractivity contribution is 0.0126. The number of hydrogen-bond acceptors (Lipinski definition) is 4. The fourth-order valence-electron chi connectivity index (χ4n) is 1.96. The Morgan fingerprint density at radius 3 is 2.78 bits per heavy atom. The van der Waals surface area contributed by atoms with Crippen LogP contribution in [0, 0.1) is 6.92 Å². The molecule has 1 aromatic rings. The highest BCUT2D eigenvalue weighted by atomic mass is 79.9. The van der Waals surface area contributed by atoms with Gasteiger partial charge in [-0.05, 0) is 47.3 Å². The van der Waals surface area contributed by atoms with Crippen molar-refractivity contribution < 1.29 is 14.6 Å². The molecule has 0 radical (unpaired) electrons. The monoisotopic (exact) mass is 333 g/mol. The predicted octanol–water partition coefficient (Wildman–Crippen LogP) is 2.09. The second-order valence-electron chi connectivity index (χ2n) is 4.57. The zero-order valence-corrected chi connectivity index (χ0v) is 12.6. The number of carbonyl (C=O) groups is 1. The van der Waals surface area contributed by atoms with Crippen molar-refractivity contribution in [1.82, 2.24) is 5.32 Å². The quantitative estimate of drug-likeness (QED) is 0.890. The Balaban J connectivity index is 2.09. The first-order valence-electron chi connectivity index (χ1n) is 5.83. The van der Waals surface area contributed by atoms with Crippen molar-refractivity contribution in [2.24, 2.45) is 0 Å². The third kappa shape index (κ3) is 2.93. The fourth-order valence-corrected chi connectivity index (χ4v) is 3.39. The number of aliphatic hydroxyl groups excluding tert-OH is 1. The summed E-state index contributed by atoms with van der Waals surface area (Å²) in [4.78, 5) is 12.8. The van der Waals surface area contributed by atoms with Crippen molar-refractivity contribution >= 4 is 33.2 Å².